The van der Waals surface area contributed by atoms with Crippen LogP contribution in [-0.4, -0.2) is 27.6 Å². The van der Waals surface area contributed by atoms with Crippen molar-refractivity contribution < 1.29 is 19.4 Å². The average Bonchev–Trinajstić information content (AvgIpc) is 3.19. The van der Waals surface area contributed by atoms with Crippen LogP contribution >= 0.6 is 11.3 Å². The minimum absolute atomic E-state index is 0.0726. The lowest BCUT2D eigenvalue weighted by molar-refractivity contribution is -0.150. The lowest BCUT2D eigenvalue weighted by Gasteiger charge is -2.26. The van der Waals surface area contributed by atoms with Gasteiger partial charge >= 0.3 is 5.97 Å². The van der Waals surface area contributed by atoms with Crippen LogP contribution < -0.4 is 4.90 Å². The van der Waals surface area contributed by atoms with Crippen LogP contribution in [0.1, 0.15) is 37.9 Å². The summed E-state index contributed by atoms with van der Waals surface area (Å²) < 4.78 is 6.42. The van der Waals surface area contributed by atoms with Crippen LogP contribution in [0.4, 0.5) is 5.13 Å². The van der Waals surface area contributed by atoms with Crippen LogP contribution in [0.15, 0.2) is 59.9 Å². The first-order valence-electron chi connectivity index (χ1n) is 9.58. The second-order valence-electron chi connectivity index (χ2n) is 8.22. The van der Waals surface area contributed by atoms with Crippen molar-refractivity contribution in [2.24, 2.45) is 0 Å². The Bertz CT molecular complexity index is 1170. The number of rotatable bonds is 3. The number of ether oxygens (including phenoxy) is 1. The third-order valence-electron chi connectivity index (χ3n) is 4.68. The van der Waals surface area contributed by atoms with Crippen molar-refractivity contribution in [1.29, 1.82) is 0 Å². The van der Waals surface area contributed by atoms with Crippen LogP contribution in [0.3, 0.4) is 0 Å². The van der Waals surface area contributed by atoms with Gasteiger partial charge < -0.3 is 9.84 Å². The maximum Gasteiger partial charge on any atom is 0.341 e. The summed E-state index contributed by atoms with van der Waals surface area (Å²) in [7, 11) is 0. The zero-order valence-corrected chi connectivity index (χ0v) is 18.0. The number of nitrogens with zero attached hydrogens (tertiary/aromatic N) is 2. The zero-order chi connectivity index (χ0) is 21.6. The molecular weight excluding hydrogens is 400 g/mol. The first kappa shape index (κ1) is 20.1. The predicted octanol–water partition coefficient (Wildman–Crippen LogP) is 4.85. The molecule has 0 saturated heterocycles. The van der Waals surface area contributed by atoms with Gasteiger partial charge in [-0.15, -0.1) is 0 Å². The Kier molecular flexibility index (Phi) is 4.86. The summed E-state index contributed by atoms with van der Waals surface area (Å²) in [5.41, 5.74) is 1.68. The third-order valence-corrected chi connectivity index (χ3v) is 5.70. The van der Waals surface area contributed by atoms with Crippen molar-refractivity contribution in [2.45, 2.75) is 39.3 Å². The van der Waals surface area contributed by atoms with Gasteiger partial charge in [-0.1, -0.05) is 47.7 Å². The number of hydrogen-bond donors (Lipinski definition) is 1. The average molecular weight is 423 g/mol. The molecule has 4 rings (SSSR count). The Morgan fingerprint density at radius 1 is 1.17 bits per heavy atom. The molecule has 1 aromatic heterocycles. The van der Waals surface area contributed by atoms with Gasteiger partial charge in [0.1, 0.15) is 17.2 Å². The van der Waals surface area contributed by atoms with E-state index in [1.54, 1.807) is 20.8 Å². The first-order valence-corrected chi connectivity index (χ1v) is 10.4. The summed E-state index contributed by atoms with van der Waals surface area (Å²) in [6.07, 6.45) is 0. The van der Waals surface area contributed by atoms with Crippen molar-refractivity contribution in [3.05, 3.63) is 71.0 Å². The largest absolute Gasteiger partial charge is 0.503 e. The molecule has 1 aliphatic rings. The lowest BCUT2D eigenvalue weighted by Crippen LogP contribution is -2.32. The number of benzene rings is 2. The smallest absolute Gasteiger partial charge is 0.341 e. The Balaban J connectivity index is 1.85. The van der Waals surface area contributed by atoms with Crippen molar-refractivity contribution >= 4 is 38.6 Å². The van der Waals surface area contributed by atoms with E-state index in [4.69, 9.17) is 4.74 Å². The number of amides is 1. The van der Waals surface area contributed by atoms with Crippen molar-refractivity contribution in [1.82, 2.24) is 4.98 Å². The molecule has 0 fully saturated rings. The SMILES string of the molecule is Cc1ccc2nc(N3C(=O)C(O)=C(C(=O)OC(C)(C)C)C3c3ccccc3)sc2c1. The van der Waals surface area contributed by atoms with Gasteiger partial charge in [-0.25, -0.2) is 9.78 Å². The number of carbonyl (C=O) groups is 2. The highest BCUT2D eigenvalue weighted by molar-refractivity contribution is 7.22. The monoisotopic (exact) mass is 422 g/mol. The molecule has 1 unspecified atom stereocenters. The zero-order valence-electron chi connectivity index (χ0n) is 17.2. The van der Waals surface area contributed by atoms with Crippen LogP contribution in [0, 0.1) is 6.92 Å². The summed E-state index contributed by atoms with van der Waals surface area (Å²) in [6.45, 7) is 7.21. The molecular formula is C23H22N2O4S. The topological polar surface area (TPSA) is 79.7 Å². The van der Waals surface area contributed by atoms with Crippen molar-refractivity contribution in [2.75, 3.05) is 4.90 Å². The standard InChI is InChI=1S/C23H22N2O4S/c1-13-10-11-15-16(12-13)30-22(24-15)25-18(14-8-6-5-7-9-14)17(19(26)20(25)27)21(28)29-23(2,3)4/h5-12,18,26H,1-4H3. The normalized spacial score (nSPS) is 17.1. The fourth-order valence-corrected chi connectivity index (χ4v) is 4.51. The highest BCUT2D eigenvalue weighted by Crippen LogP contribution is 2.43. The molecule has 0 aliphatic carbocycles. The number of esters is 1. The molecule has 30 heavy (non-hydrogen) atoms. The third kappa shape index (κ3) is 3.57. The highest BCUT2D eigenvalue weighted by atomic mass is 32.1. The number of fused-ring (bicyclic) bond motifs is 1. The van der Waals surface area contributed by atoms with E-state index in [-0.39, 0.29) is 5.57 Å². The van der Waals surface area contributed by atoms with Crippen LogP contribution in [0.5, 0.6) is 0 Å². The van der Waals surface area contributed by atoms with Gasteiger partial charge in [-0.2, -0.15) is 0 Å². The Morgan fingerprint density at radius 2 is 1.87 bits per heavy atom. The second kappa shape index (κ2) is 7.25. The summed E-state index contributed by atoms with van der Waals surface area (Å²) in [4.78, 5) is 32.0. The van der Waals surface area contributed by atoms with E-state index in [2.05, 4.69) is 4.98 Å². The fraction of sp³-hybridized carbons (Fsp3) is 0.261. The number of aliphatic hydroxyl groups is 1. The molecule has 2 aromatic carbocycles. The molecule has 1 amide bonds. The van der Waals surface area contributed by atoms with E-state index in [9.17, 15) is 14.7 Å². The molecule has 0 saturated carbocycles. The number of aryl methyl sites for hydroxylation is 1. The van der Waals surface area contributed by atoms with Crippen molar-refractivity contribution in [3.8, 4) is 0 Å². The number of anilines is 1. The molecule has 0 bridgehead atoms. The van der Waals surface area contributed by atoms with Crippen molar-refractivity contribution in [3.63, 3.8) is 0 Å². The quantitative estimate of drug-likeness (QED) is 0.611. The Hall–Kier alpha value is -3.19. The number of aromatic nitrogens is 1. The summed E-state index contributed by atoms with van der Waals surface area (Å²) in [5, 5.41) is 11.1. The van der Waals surface area contributed by atoms with Gasteiger partial charge in [0, 0.05) is 0 Å². The minimum atomic E-state index is -0.824. The van der Waals surface area contributed by atoms with E-state index in [0.717, 1.165) is 15.8 Å². The molecule has 1 atom stereocenters. The molecule has 2 heterocycles. The summed E-state index contributed by atoms with van der Waals surface area (Å²) in [6, 6.07) is 14.1. The maximum absolute atomic E-state index is 13.1. The number of hydrogen-bond acceptors (Lipinski definition) is 6. The Morgan fingerprint density at radius 3 is 2.53 bits per heavy atom. The van der Waals surface area contributed by atoms with Gasteiger partial charge in [0.15, 0.2) is 10.9 Å². The summed E-state index contributed by atoms with van der Waals surface area (Å²) in [5.74, 6) is -1.99. The van der Waals surface area contributed by atoms with E-state index in [0.29, 0.717) is 10.7 Å². The van der Waals surface area contributed by atoms with E-state index >= 15 is 0 Å². The molecule has 0 spiro atoms. The van der Waals surface area contributed by atoms with Gasteiger partial charge in [-0.3, -0.25) is 9.69 Å². The van der Waals surface area contributed by atoms with Crippen LogP contribution in [0.25, 0.3) is 10.2 Å². The van der Waals surface area contributed by atoms with Crippen LogP contribution in [-0.2, 0) is 14.3 Å². The van der Waals surface area contributed by atoms with Gasteiger partial charge in [0.05, 0.1) is 10.2 Å². The minimum Gasteiger partial charge on any atom is -0.503 e. The number of thiazole rings is 1. The first-order chi connectivity index (χ1) is 14.2. The van der Waals surface area contributed by atoms with Gasteiger partial charge in [-0.05, 0) is 51.0 Å². The molecule has 0 radical (unpaired) electrons. The van der Waals surface area contributed by atoms with E-state index < -0.39 is 29.3 Å². The number of aliphatic hydroxyl groups excluding tert-OH is 1. The number of carbonyl (C=O) groups excluding carboxylic acids is 2. The van der Waals surface area contributed by atoms with Gasteiger partial charge in [0.2, 0.25) is 0 Å². The molecule has 1 N–H and O–H groups in total. The molecule has 7 heteroatoms. The molecule has 154 valence electrons. The molecule has 3 aromatic rings. The van der Waals surface area contributed by atoms with Crippen LogP contribution in [0.2, 0.25) is 0 Å². The maximum atomic E-state index is 13.1. The van der Waals surface area contributed by atoms with Gasteiger partial charge in [0.25, 0.3) is 5.91 Å². The molecule has 6 nitrogen and oxygen atoms in total. The summed E-state index contributed by atoms with van der Waals surface area (Å²) >= 11 is 1.34. The Labute approximate surface area is 178 Å². The fourth-order valence-electron chi connectivity index (χ4n) is 3.42. The second-order valence-corrected chi connectivity index (χ2v) is 9.23. The highest BCUT2D eigenvalue weighted by Gasteiger charge is 2.47. The lowest BCUT2D eigenvalue weighted by atomic mass is 9.99. The molecule has 1 aliphatic heterocycles. The van der Waals surface area contributed by atoms with E-state index in [1.165, 1.54) is 16.2 Å². The predicted molar refractivity (Wildman–Crippen MR) is 117 cm³/mol. The van der Waals surface area contributed by atoms with E-state index in [1.807, 2.05) is 55.5 Å².